The van der Waals surface area contributed by atoms with Crippen molar-refractivity contribution in [2.45, 2.75) is 13.5 Å². The quantitative estimate of drug-likeness (QED) is 0.659. The van der Waals surface area contributed by atoms with Crippen molar-refractivity contribution in [3.63, 3.8) is 0 Å². The summed E-state index contributed by atoms with van der Waals surface area (Å²) in [4.78, 5) is 12.2. The maximum Gasteiger partial charge on any atom is 0.368 e. The molecule has 1 aromatic heterocycles. The molecule has 3 aromatic rings. The van der Waals surface area contributed by atoms with E-state index < -0.39 is 11.5 Å². The van der Waals surface area contributed by atoms with Gasteiger partial charge in [-0.2, -0.15) is 9.36 Å². The molecule has 0 saturated heterocycles. The molecule has 0 bridgehead atoms. The van der Waals surface area contributed by atoms with Crippen molar-refractivity contribution >= 4 is 11.6 Å². The summed E-state index contributed by atoms with van der Waals surface area (Å²) < 4.78 is 27.0. The average molecular weight is 379 g/mol. The first kappa shape index (κ1) is 17.9. The summed E-state index contributed by atoms with van der Waals surface area (Å²) in [6.45, 7) is 2.26. The van der Waals surface area contributed by atoms with Gasteiger partial charge in [0.2, 0.25) is 0 Å². The molecule has 0 aliphatic rings. The molecular formula is C17H16ClFN4O3. The fourth-order valence-electron chi connectivity index (χ4n) is 2.39. The lowest BCUT2D eigenvalue weighted by atomic mass is 10.1. The summed E-state index contributed by atoms with van der Waals surface area (Å²) in [6.07, 6.45) is 0. The molecule has 3 rings (SSSR count). The minimum Gasteiger partial charge on any atom is -0.493 e. The molecule has 0 radical (unpaired) electrons. The third-order valence-corrected chi connectivity index (χ3v) is 3.94. The van der Waals surface area contributed by atoms with Gasteiger partial charge in [0.1, 0.15) is 23.9 Å². The minimum absolute atomic E-state index is 0.00229. The second-order valence-corrected chi connectivity index (χ2v) is 5.75. The van der Waals surface area contributed by atoms with Crippen LogP contribution in [0.25, 0.3) is 5.69 Å². The van der Waals surface area contributed by atoms with E-state index in [0.29, 0.717) is 23.6 Å². The Hall–Kier alpha value is -2.87. The van der Waals surface area contributed by atoms with Gasteiger partial charge in [0.15, 0.2) is 0 Å². The van der Waals surface area contributed by atoms with E-state index in [9.17, 15) is 9.18 Å². The second-order valence-electron chi connectivity index (χ2n) is 5.35. The molecule has 0 atom stereocenters. The number of hydrogen-bond acceptors (Lipinski definition) is 5. The van der Waals surface area contributed by atoms with Crippen LogP contribution in [-0.4, -0.2) is 26.4 Å². The van der Waals surface area contributed by atoms with E-state index in [-0.39, 0.29) is 17.4 Å². The molecule has 0 aliphatic carbocycles. The van der Waals surface area contributed by atoms with Gasteiger partial charge >= 0.3 is 5.69 Å². The zero-order chi connectivity index (χ0) is 18.7. The Labute approximate surface area is 153 Å². The van der Waals surface area contributed by atoms with Gasteiger partial charge in [0, 0.05) is 13.1 Å². The van der Waals surface area contributed by atoms with E-state index in [1.54, 1.807) is 18.2 Å². The summed E-state index contributed by atoms with van der Waals surface area (Å²) in [5.74, 6) is 0.248. The molecule has 136 valence electrons. The lowest BCUT2D eigenvalue weighted by molar-refractivity contribution is 0.285. The van der Waals surface area contributed by atoms with Gasteiger partial charge in [-0.05, 0) is 41.6 Å². The summed E-state index contributed by atoms with van der Waals surface area (Å²) in [7, 11) is 1.50. The number of ether oxygens (including phenoxy) is 2. The minimum atomic E-state index is -0.465. The molecule has 9 heteroatoms. The largest absolute Gasteiger partial charge is 0.493 e. The van der Waals surface area contributed by atoms with Gasteiger partial charge in [-0.25, -0.2) is 9.18 Å². The average Bonchev–Trinajstić information content (AvgIpc) is 2.95. The van der Waals surface area contributed by atoms with Crippen LogP contribution in [-0.2, 0) is 13.7 Å². The third-order valence-electron chi connectivity index (χ3n) is 3.62. The summed E-state index contributed by atoms with van der Waals surface area (Å²) >= 11 is 6.04. The third kappa shape index (κ3) is 3.55. The van der Waals surface area contributed by atoms with Crippen molar-refractivity contribution in [1.82, 2.24) is 19.8 Å². The van der Waals surface area contributed by atoms with Crippen LogP contribution >= 0.6 is 11.6 Å². The predicted octanol–water partition coefficient (Wildman–Crippen LogP) is 2.74. The number of hydrogen-bond donors (Lipinski definition) is 0. The Morgan fingerprint density at radius 2 is 1.96 bits per heavy atom. The van der Waals surface area contributed by atoms with Gasteiger partial charge in [-0.15, -0.1) is 0 Å². The molecule has 0 N–H and O–H groups in total. The standard InChI is InChI=1S/C17H16ClFN4O3/c1-3-25-15-6-4-5-14(23-17(24)22(2)20-21-23)12(15)10-26-16-9-11(19)7-8-13(16)18/h4-9H,3,10H2,1-2H3. The lowest BCUT2D eigenvalue weighted by Gasteiger charge is -2.15. The van der Waals surface area contributed by atoms with E-state index in [1.165, 1.54) is 25.2 Å². The van der Waals surface area contributed by atoms with E-state index in [0.717, 1.165) is 9.36 Å². The maximum absolute atomic E-state index is 13.4. The molecule has 0 unspecified atom stereocenters. The van der Waals surface area contributed by atoms with Crippen LogP contribution in [0.15, 0.2) is 41.2 Å². The number of benzene rings is 2. The number of aryl methyl sites for hydroxylation is 1. The first-order valence-corrected chi connectivity index (χ1v) is 8.21. The van der Waals surface area contributed by atoms with Crippen molar-refractivity contribution in [3.8, 4) is 17.2 Å². The number of halogens is 2. The molecule has 0 amide bonds. The van der Waals surface area contributed by atoms with Gasteiger partial charge < -0.3 is 9.47 Å². The summed E-state index contributed by atoms with van der Waals surface area (Å²) in [5.41, 5.74) is 0.613. The number of aromatic nitrogens is 4. The highest BCUT2D eigenvalue weighted by Gasteiger charge is 2.17. The van der Waals surface area contributed by atoms with Crippen LogP contribution in [0.2, 0.25) is 5.02 Å². The first-order valence-electron chi connectivity index (χ1n) is 7.83. The lowest BCUT2D eigenvalue weighted by Crippen LogP contribution is -2.23. The smallest absolute Gasteiger partial charge is 0.368 e. The number of nitrogens with zero attached hydrogens (tertiary/aromatic N) is 4. The van der Waals surface area contributed by atoms with E-state index >= 15 is 0 Å². The highest BCUT2D eigenvalue weighted by atomic mass is 35.5. The first-order chi connectivity index (χ1) is 12.5. The monoisotopic (exact) mass is 378 g/mol. The molecule has 1 heterocycles. The molecule has 0 saturated carbocycles. The van der Waals surface area contributed by atoms with Gasteiger partial charge in [-0.1, -0.05) is 17.7 Å². The molecule has 7 nitrogen and oxygen atoms in total. The van der Waals surface area contributed by atoms with Crippen LogP contribution in [0.1, 0.15) is 12.5 Å². The van der Waals surface area contributed by atoms with E-state index in [2.05, 4.69) is 10.4 Å². The Morgan fingerprint density at radius 3 is 2.65 bits per heavy atom. The van der Waals surface area contributed by atoms with Crippen LogP contribution < -0.4 is 15.2 Å². The number of tetrazole rings is 1. The van der Waals surface area contributed by atoms with Crippen molar-refractivity contribution in [3.05, 3.63) is 63.3 Å². The normalized spacial score (nSPS) is 10.8. The van der Waals surface area contributed by atoms with Crippen molar-refractivity contribution in [1.29, 1.82) is 0 Å². The highest BCUT2D eigenvalue weighted by molar-refractivity contribution is 6.32. The maximum atomic E-state index is 13.4. The van der Waals surface area contributed by atoms with E-state index in [4.69, 9.17) is 21.1 Å². The van der Waals surface area contributed by atoms with Crippen molar-refractivity contribution in [2.24, 2.45) is 7.05 Å². The molecule has 0 spiro atoms. The predicted molar refractivity (Wildman–Crippen MR) is 93.5 cm³/mol. The second kappa shape index (κ2) is 7.57. The summed E-state index contributed by atoms with van der Waals surface area (Å²) in [6, 6.07) is 9.04. The van der Waals surface area contributed by atoms with Gasteiger partial charge in [0.05, 0.1) is 22.9 Å². The van der Waals surface area contributed by atoms with Crippen molar-refractivity contribution < 1.29 is 13.9 Å². The molecule has 0 fully saturated rings. The SMILES string of the molecule is CCOc1cccc(-n2nnn(C)c2=O)c1COc1cc(F)ccc1Cl. The number of rotatable bonds is 6. The Kier molecular flexibility index (Phi) is 5.22. The Bertz CT molecular complexity index is 986. The van der Waals surface area contributed by atoms with Crippen LogP contribution in [0.4, 0.5) is 4.39 Å². The topological polar surface area (TPSA) is 71.2 Å². The van der Waals surface area contributed by atoms with Gasteiger partial charge in [0.25, 0.3) is 0 Å². The fraction of sp³-hybridized carbons (Fsp3) is 0.235. The van der Waals surface area contributed by atoms with E-state index in [1.807, 2.05) is 6.92 Å². The Balaban J connectivity index is 2.02. The van der Waals surface area contributed by atoms with Gasteiger partial charge in [-0.3, -0.25) is 0 Å². The van der Waals surface area contributed by atoms with Crippen molar-refractivity contribution in [2.75, 3.05) is 6.61 Å². The molecule has 0 aliphatic heterocycles. The zero-order valence-electron chi connectivity index (χ0n) is 14.1. The fourth-order valence-corrected chi connectivity index (χ4v) is 2.56. The van der Waals surface area contributed by atoms with Crippen LogP contribution in [0.5, 0.6) is 11.5 Å². The molecule has 2 aromatic carbocycles. The Morgan fingerprint density at radius 1 is 1.15 bits per heavy atom. The zero-order valence-corrected chi connectivity index (χ0v) is 14.9. The molecule has 26 heavy (non-hydrogen) atoms. The summed E-state index contributed by atoms with van der Waals surface area (Å²) in [5, 5.41) is 7.85. The van der Waals surface area contributed by atoms with Crippen LogP contribution in [0.3, 0.4) is 0 Å². The highest BCUT2D eigenvalue weighted by Crippen LogP contribution is 2.29. The van der Waals surface area contributed by atoms with Crippen LogP contribution in [0, 0.1) is 5.82 Å². The molecular weight excluding hydrogens is 363 g/mol.